The van der Waals surface area contributed by atoms with E-state index in [0.717, 1.165) is 32.7 Å². The van der Waals surface area contributed by atoms with Crippen molar-refractivity contribution in [3.05, 3.63) is 18.4 Å². The molecule has 3 heterocycles. The van der Waals surface area contributed by atoms with Gasteiger partial charge in [0.2, 0.25) is 5.76 Å². The third kappa shape index (κ3) is 3.09. The van der Waals surface area contributed by atoms with Crippen LogP contribution >= 0.6 is 0 Å². The van der Waals surface area contributed by atoms with Crippen LogP contribution in [0.2, 0.25) is 0 Å². The van der Waals surface area contributed by atoms with Gasteiger partial charge in [-0.25, -0.2) is 4.98 Å². The Bertz CT molecular complexity index is 465. The normalized spacial score (nSPS) is 26.0. The molecule has 2 aliphatic heterocycles. The van der Waals surface area contributed by atoms with Crippen molar-refractivity contribution >= 4 is 5.91 Å². The molecule has 2 saturated heterocycles. The zero-order chi connectivity index (χ0) is 14.7. The first-order valence-electron chi connectivity index (χ1n) is 7.32. The van der Waals surface area contributed by atoms with Gasteiger partial charge in [-0.1, -0.05) is 0 Å². The van der Waals surface area contributed by atoms with E-state index in [1.807, 2.05) is 0 Å². The van der Waals surface area contributed by atoms with E-state index in [0.29, 0.717) is 18.8 Å². The maximum atomic E-state index is 12.3. The summed E-state index contributed by atoms with van der Waals surface area (Å²) in [5.74, 6) is 0.182. The molecule has 0 aliphatic carbocycles. The van der Waals surface area contributed by atoms with Gasteiger partial charge in [-0.2, -0.15) is 0 Å². The second kappa shape index (κ2) is 6.55. The monoisotopic (exact) mass is 295 g/mol. The largest absolute Gasteiger partial charge is 0.438 e. The number of rotatable bonds is 5. The number of hydrogen-bond acceptors (Lipinski definition) is 6. The SMILES string of the molecule is COCCCN1CCO[C@H]2CN(C(=O)c3cnco3)C[C@@H]21. The average molecular weight is 295 g/mol. The Kier molecular flexibility index (Phi) is 4.52. The number of likely N-dealkylation sites (tertiary alicyclic amines) is 1. The Morgan fingerprint density at radius 3 is 3.19 bits per heavy atom. The van der Waals surface area contributed by atoms with E-state index in [1.54, 1.807) is 12.0 Å². The molecule has 7 nitrogen and oxygen atoms in total. The number of oxazole rings is 1. The molecule has 2 aliphatic rings. The molecule has 0 unspecified atom stereocenters. The van der Waals surface area contributed by atoms with Crippen LogP contribution in [-0.2, 0) is 9.47 Å². The first kappa shape index (κ1) is 14.5. The lowest BCUT2D eigenvalue weighted by Gasteiger charge is -2.36. The number of carbonyl (C=O) groups excluding carboxylic acids is 1. The molecule has 0 N–H and O–H groups in total. The van der Waals surface area contributed by atoms with Gasteiger partial charge >= 0.3 is 0 Å². The molecule has 0 bridgehead atoms. The van der Waals surface area contributed by atoms with Gasteiger partial charge in [0.15, 0.2) is 6.39 Å². The highest BCUT2D eigenvalue weighted by molar-refractivity contribution is 5.91. The lowest BCUT2D eigenvalue weighted by Crippen LogP contribution is -2.51. The molecule has 21 heavy (non-hydrogen) atoms. The third-order valence-electron chi connectivity index (χ3n) is 4.14. The summed E-state index contributed by atoms with van der Waals surface area (Å²) in [5.41, 5.74) is 0. The van der Waals surface area contributed by atoms with Crippen LogP contribution in [0.1, 0.15) is 17.0 Å². The topological polar surface area (TPSA) is 68.0 Å². The minimum absolute atomic E-state index is 0.0909. The Morgan fingerprint density at radius 2 is 2.43 bits per heavy atom. The number of nitrogens with zero attached hydrogens (tertiary/aromatic N) is 3. The molecule has 1 aromatic heterocycles. The number of amides is 1. The number of carbonyl (C=O) groups is 1. The standard InChI is InChI=1S/C14H21N3O4/c1-19-5-2-3-16-4-6-20-13-9-17(8-11(13)16)14(18)12-7-15-10-21-12/h7,10-11,13H,2-6,8-9H2,1H3/t11-,13-/m0/s1. The summed E-state index contributed by atoms with van der Waals surface area (Å²) < 4.78 is 16.0. The highest BCUT2D eigenvalue weighted by Gasteiger charge is 2.42. The minimum atomic E-state index is -0.109. The Hall–Kier alpha value is -1.44. The smallest absolute Gasteiger partial charge is 0.291 e. The van der Waals surface area contributed by atoms with Crippen LogP contribution in [0.3, 0.4) is 0 Å². The molecule has 116 valence electrons. The number of aromatic nitrogens is 1. The van der Waals surface area contributed by atoms with E-state index in [9.17, 15) is 4.79 Å². The highest BCUT2D eigenvalue weighted by Crippen LogP contribution is 2.24. The van der Waals surface area contributed by atoms with Crippen molar-refractivity contribution in [2.75, 3.05) is 46.5 Å². The Morgan fingerprint density at radius 1 is 1.52 bits per heavy atom. The van der Waals surface area contributed by atoms with E-state index < -0.39 is 0 Å². The fraction of sp³-hybridized carbons (Fsp3) is 0.714. The van der Waals surface area contributed by atoms with Crippen LogP contribution in [0.15, 0.2) is 17.0 Å². The summed E-state index contributed by atoms with van der Waals surface area (Å²) in [6, 6.07) is 0.266. The number of methoxy groups -OCH3 is 1. The molecule has 0 radical (unpaired) electrons. The molecule has 0 spiro atoms. The number of fused-ring (bicyclic) bond motifs is 1. The van der Waals surface area contributed by atoms with Crippen molar-refractivity contribution in [1.82, 2.24) is 14.8 Å². The molecule has 1 amide bonds. The van der Waals surface area contributed by atoms with E-state index >= 15 is 0 Å². The molecule has 2 fully saturated rings. The predicted molar refractivity (Wildman–Crippen MR) is 74.0 cm³/mol. The molecule has 3 rings (SSSR count). The van der Waals surface area contributed by atoms with E-state index in [1.165, 1.54) is 12.6 Å². The van der Waals surface area contributed by atoms with Crippen molar-refractivity contribution in [1.29, 1.82) is 0 Å². The van der Waals surface area contributed by atoms with Crippen LogP contribution in [-0.4, -0.2) is 79.3 Å². The van der Waals surface area contributed by atoms with Crippen LogP contribution in [0.25, 0.3) is 0 Å². The van der Waals surface area contributed by atoms with Gasteiger partial charge in [0.05, 0.1) is 24.9 Å². The number of ether oxygens (including phenoxy) is 2. The van der Waals surface area contributed by atoms with Crippen LogP contribution in [0, 0.1) is 0 Å². The van der Waals surface area contributed by atoms with Gasteiger partial charge in [-0.15, -0.1) is 0 Å². The highest BCUT2D eigenvalue weighted by atomic mass is 16.5. The van der Waals surface area contributed by atoms with Gasteiger partial charge in [0.25, 0.3) is 5.91 Å². The summed E-state index contributed by atoms with van der Waals surface area (Å²) in [6.07, 6.45) is 3.83. The zero-order valence-corrected chi connectivity index (χ0v) is 12.2. The van der Waals surface area contributed by atoms with Gasteiger partial charge in [0.1, 0.15) is 0 Å². The molecule has 0 saturated carbocycles. The summed E-state index contributed by atoms with van der Waals surface area (Å²) in [7, 11) is 1.72. The number of morpholine rings is 1. The Balaban J connectivity index is 1.61. The fourth-order valence-electron chi connectivity index (χ4n) is 3.09. The van der Waals surface area contributed by atoms with Crippen LogP contribution in [0.4, 0.5) is 0 Å². The maximum absolute atomic E-state index is 12.3. The second-order valence-corrected chi connectivity index (χ2v) is 5.43. The van der Waals surface area contributed by atoms with Gasteiger partial charge in [-0.3, -0.25) is 9.69 Å². The Labute approximate surface area is 123 Å². The summed E-state index contributed by atoms with van der Waals surface area (Å²) in [4.78, 5) is 20.3. The van der Waals surface area contributed by atoms with Gasteiger partial charge in [0, 0.05) is 39.9 Å². The van der Waals surface area contributed by atoms with E-state index in [4.69, 9.17) is 13.9 Å². The van der Waals surface area contributed by atoms with Gasteiger partial charge in [-0.05, 0) is 6.42 Å². The molecule has 7 heteroatoms. The fourth-order valence-corrected chi connectivity index (χ4v) is 3.09. The third-order valence-corrected chi connectivity index (χ3v) is 4.14. The number of hydrogen-bond donors (Lipinski definition) is 0. The second-order valence-electron chi connectivity index (χ2n) is 5.43. The quantitative estimate of drug-likeness (QED) is 0.725. The zero-order valence-electron chi connectivity index (χ0n) is 12.2. The lowest BCUT2D eigenvalue weighted by atomic mass is 10.1. The molecular formula is C14H21N3O4. The summed E-state index contributed by atoms with van der Waals surface area (Å²) >= 11 is 0. The van der Waals surface area contributed by atoms with Crippen molar-refractivity contribution in [3.8, 4) is 0 Å². The molecule has 0 aromatic carbocycles. The summed E-state index contributed by atoms with van der Waals surface area (Å²) in [6.45, 7) is 4.66. The van der Waals surface area contributed by atoms with Crippen molar-refractivity contribution in [2.45, 2.75) is 18.6 Å². The average Bonchev–Trinajstić information content (AvgIpc) is 3.16. The molecule has 2 atom stereocenters. The first-order chi connectivity index (χ1) is 10.3. The first-order valence-corrected chi connectivity index (χ1v) is 7.32. The summed E-state index contributed by atoms with van der Waals surface area (Å²) in [5, 5.41) is 0. The van der Waals surface area contributed by atoms with Crippen LogP contribution in [0.5, 0.6) is 0 Å². The van der Waals surface area contributed by atoms with Crippen molar-refractivity contribution in [3.63, 3.8) is 0 Å². The van der Waals surface area contributed by atoms with Crippen molar-refractivity contribution in [2.24, 2.45) is 0 Å². The molecular weight excluding hydrogens is 274 g/mol. The molecule has 1 aromatic rings. The van der Waals surface area contributed by atoms with E-state index in [-0.39, 0.29) is 18.1 Å². The van der Waals surface area contributed by atoms with Crippen molar-refractivity contribution < 1.29 is 18.7 Å². The van der Waals surface area contributed by atoms with E-state index in [2.05, 4.69) is 9.88 Å². The maximum Gasteiger partial charge on any atom is 0.291 e. The minimum Gasteiger partial charge on any atom is -0.438 e. The van der Waals surface area contributed by atoms with Crippen LogP contribution < -0.4 is 0 Å². The lowest BCUT2D eigenvalue weighted by molar-refractivity contribution is -0.0487. The van der Waals surface area contributed by atoms with Gasteiger partial charge < -0.3 is 18.8 Å². The predicted octanol–water partition coefficient (Wildman–Crippen LogP) is 0.236.